The van der Waals surface area contributed by atoms with E-state index in [2.05, 4.69) is 37.8 Å². The Morgan fingerprint density at radius 1 is 1.44 bits per heavy atom. The number of fused-ring (bicyclic) bond motifs is 1. The van der Waals surface area contributed by atoms with E-state index in [1.165, 1.54) is 21.7 Å². The van der Waals surface area contributed by atoms with Crippen LogP contribution in [0.25, 0.3) is 0 Å². The largest absolute Gasteiger partial charge is 0.366 e. The molecule has 0 aromatic heterocycles. The molecule has 1 aromatic rings. The normalized spacial score (nSPS) is 19.8. The van der Waals surface area contributed by atoms with Gasteiger partial charge >= 0.3 is 0 Å². The summed E-state index contributed by atoms with van der Waals surface area (Å²) in [6, 6.07) is 5.05. The molecule has 1 aliphatic rings. The summed E-state index contributed by atoms with van der Waals surface area (Å²) < 4.78 is 0. The molecule has 1 heterocycles. The Labute approximate surface area is 102 Å². The number of rotatable bonds is 2. The molecule has 0 spiro atoms. The Morgan fingerprint density at radius 2 is 2.19 bits per heavy atom. The minimum Gasteiger partial charge on any atom is -0.366 e. The molecule has 0 fully saturated rings. The van der Waals surface area contributed by atoms with Crippen LogP contribution in [0.1, 0.15) is 18.1 Å². The van der Waals surface area contributed by atoms with Crippen LogP contribution in [0.5, 0.6) is 0 Å². The summed E-state index contributed by atoms with van der Waals surface area (Å²) in [7, 11) is 0. The Bertz CT molecular complexity index is 390. The van der Waals surface area contributed by atoms with E-state index < -0.39 is 0 Å². The van der Waals surface area contributed by atoms with Gasteiger partial charge in [0.1, 0.15) is 0 Å². The second-order valence-corrected chi connectivity index (χ2v) is 5.56. The van der Waals surface area contributed by atoms with Crippen LogP contribution >= 0.6 is 11.8 Å². The van der Waals surface area contributed by atoms with Crippen molar-refractivity contribution in [3.05, 3.63) is 23.3 Å². The molecule has 0 bridgehead atoms. The Balaban J connectivity index is 2.48. The van der Waals surface area contributed by atoms with Gasteiger partial charge in [0.2, 0.25) is 0 Å². The minimum atomic E-state index is 0.585. The summed E-state index contributed by atoms with van der Waals surface area (Å²) in [6.07, 6.45) is 0. The first-order valence-electron chi connectivity index (χ1n) is 5.85. The van der Waals surface area contributed by atoms with Crippen molar-refractivity contribution >= 4 is 17.4 Å². The van der Waals surface area contributed by atoms with Gasteiger partial charge < -0.3 is 10.6 Å². The summed E-state index contributed by atoms with van der Waals surface area (Å²) in [6.45, 7) is 8.37. The van der Waals surface area contributed by atoms with E-state index in [9.17, 15) is 0 Å². The first-order chi connectivity index (χ1) is 7.65. The van der Waals surface area contributed by atoms with Crippen molar-refractivity contribution in [2.75, 3.05) is 23.7 Å². The second-order valence-electron chi connectivity index (χ2n) is 4.50. The van der Waals surface area contributed by atoms with Gasteiger partial charge in [-0.1, -0.05) is 6.07 Å². The zero-order chi connectivity index (χ0) is 11.7. The van der Waals surface area contributed by atoms with Crippen LogP contribution in [0.15, 0.2) is 17.0 Å². The Morgan fingerprint density at radius 3 is 2.88 bits per heavy atom. The quantitative estimate of drug-likeness (QED) is 0.855. The van der Waals surface area contributed by atoms with Gasteiger partial charge in [-0.15, -0.1) is 11.8 Å². The number of aryl methyl sites for hydroxylation is 1. The zero-order valence-electron chi connectivity index (χ0n) is 10.3. The molecule has 0 amide bonds. The van der Waals surface area contributed by atoms with Crippen LogP contribution in [0, 0.1) is 13.8 Å². The fourth-order valence-corrected chi connectivity index (χ4v) is 3.41. The molecule has 0 aliphatic carbocycles. The molecule has 2 rings (SSSR count). The molecular weight excluding hydrogens is 216 g/mol. The average molecular weight is 236 g/mol. The number of hydrogen-bond acceptors (Lipinski definition) is 3. The summed E-state index contributed by atoms with van der Waals surface area (Å²) in [5.41, 5.74) is 9.91. The summed E-state index contributed by atoms with van der Waals surface area (Å²) in [5, 5.41) is 0. The third-order valence-corrected chi connectivity index (χ3v) is 4.62. The molecule has 0 radical (unpaired) electrons. The van der Waals surface area contributed by atoms with E-state index in [0.717, 1.165) is 18.8 Å². The lowest BCUT2D eigenvalue weighted by atomic mass is 10.1. The lowest BCUT2D eigenvalue weighted by Gasteiger charge is -2.38. The van der Waals surface area contributed by atoms with Crippen LogP contribution < -0.4 is 10.6 Å². The smallest absolute Gasteiger partial charge is 0.0539 e. The molecular formula is C13H20N2S. The molecule has 2 N–H and O–H groups in total. The fourth-order valence-electron chi connectivity index (χ4n) is 2.24. The highest BCUT2D eigenvalue weighted by Gasteiger charge is 2.24. The van der Waals surface area contributed by atoms with Crippen LogP contribution in [-0.4, -0.2) is 24.9 Å². The standard InChI is InChI=1S/C13H20N2S/c1-9-4-5-12-13(11(9)3)15(7-6-14)10(2)8-16-12/h4-5,10H,6-8,14H2,1-3H3. The van der Waals surface area contributed by atoms with E-state index in [-0.39, 0.29) is 0 Å². The average Bonchev–Trinajstić information content (AvgIpc) is 2.27. The summed E-state index contributed by atoms with van der Waals surface area (Å²) in [4.78, 5) is 3.88. The number of anilines is 1. The molecule has 1 aliphatic heterocycles. The van der Waals surface area contributed by atoms with Gasteiger partial charge in [0.15, 0.2) is 0 Å². The Hall–Kier alpha value is -0.670. The van der Waals surface area contributed by atoms with Gasteiger partial charge in [-0.3, -0.25) is 0 Å². The zero-order valence-corrected chi connectivity index (χ0v) is 11.1. The van der Waals surface area contributed by atoms with Crippen LogP contribution in [0.3, 0.4) is 0 Å². The van der Waals surface area contributed by atoms with Crippen molar-refractivity contribution in [2.45, 2.75) is 31.7 Å². The lowest BCUT2D eigenvalue weighted by Crippen LogP contribution is -2.41. The van der Waals surface area contributed by atoms with E-state index in [4.69, 9.17) is 5.73 Å². The van der Waals surface area contributed by atoms with Gasteiger partial charge in [0.05, 0.1) is 5.69 Å². The first kappa shape index (κ1) is 11.8. The summed E-state index contributed by atoms with van der Waals surface area (Å²) >= 11 is 1.97. The summed E-state index contributed by atoms with van der Waals surface area (Å²) in [5.74, 6) is 1.16. The molecule has 2 nitrogen and oxygen atoms in total. The highest BCUT2D eigenvalue weighted by Crippen LogP contribution is 2.40. The van der Waals surface area contributed by atoms with Gasteiger partial charge in [0, 0.05) is 29.8 Å². The van der Waals surface area contributed by atoms with E-state index in [1.54, 1.807) is 0 Å². The van der Waals surface area contributed by atoms with Crippen molar-refractivity contribution in [3.63, 3.8) is 0 Å². The molecule has 0 saturated heterocycles. The Kier molecular flexibility index (Phi) is 3.45. The van der Waals surface area contributed by atoms with Gasteiger partial charge in [0.25, 0.3) is 0 Å². The van der Waals surface area contributed by atoms with Crippen LogP contribution in [-0.2, 0) is 0 Å². The number of benzene rings is 1. The van der Waals surface area contributed by atoms with Gasteiger partial charge in [-0.25, -0.2) is 0 Å². The van der Waals surface area contributed by atoms with Crippen molar-refractivity contribution in [1.82, 2.24) is 0 Å². The second kappa shape index (κ2) is 4.68. The van der Waals surface area contributed by atoms with E-state index in [0.29, 0.717) is 6.04 Å². The van der Waals surface area contributed by atoms with E-state index >= 15 is 0 Å². The number of nitrogens with zero attached hydrogens (tertiary/aromatic N) is 1. The molecule has 88 valence electrons. The highest BCUT2D eigenvalue weighted by molar-refractivity contribution is 7.99. The van der Waals surface area contributed by atoms with Gasteiger partial charge in [-0.2, -0.15) is 0 Å². The topological polar surface area (TPSA) is 29.3 Å². The maximum absolute atomic E-state index is 5.72. The number of nitrogens with two attached hydrogens (primary N) is 1. The third kappa shape index (κ3) is 1.94. The van der Waals surface area contributed by atoms with Crippen LogP contribution in [0.4, 0.5) is 5.69 Å². The first-order valence-corrected chi connectivity index (χ1v) is 6.83. The molecule has 0 saturated carbocycles. The number of thioether (sulfide) groups is 1. The molecule has 1 aromatic carbocycles. The van der Waals surface area contributed by atoms with Crippen LogP contribution in [0.2, 0.25) is 0 Å². The van der Waals surface area contributed by atoms with Crippen molar-refractivity contribution in [1.29, 1.82) is 0 Å². The maximum Gasteiger partial charge on any atom is 0.0539 e. The molecule has 1 atom stereocenters. The molecule has 16 heavy (non-hydrogen) atoms. The predicted molar refractivity (Wildman–Crippen MR) is 72.5 cm³/mol. The number of hydrogen-bond donors (Lipinski definition) is 1. The minimum absolute atomic E-state index is 0.585. The van der Waals surface area contributed by atoms with E-state index in [1.807, 2.05) is 11.8 Å². The van der Waals surface area contributed by atoms with Crippen molar-refractivity contribution in [3.8, 4) is 0 Å². The lowest BCUT2D eigenvalue weighted by molar-refractivity contribution is 0.675. The fraction of sp³-hybridized carbons (Fsp3) is 0.538. The van der Waals surface area contributed by atoms with Crippen molar-refractivity contribution in [2.24, 2.45) is 5.73 Å². The SMILES string of the molecule is Cc1ccc2c(c1C)N(CCN)C(C)CS2. The van der Waals surface area contributed by atoms with Crippen molar-refractivity contribution < 1.29 is 0 Å². The van der Waals surface area contributed by atoms with Gasteiger partial charge in [-0.05, 0) is 38.0 Å². The predicted octanol–water partition coefficient (Wildman–Crippen LogP) is 2.56. The third-order valence-electron chi connectivity index (χ3n) is 3.33. The molecule has 3 heteroatoms. The monoisotopic (exact) mass is 236 g/mol. The molecule has 1 unspecified atom stereocenters. The highest BCUT2D eigenvalue weighted by atomic mass is 32.2. The maximum atomic E-state index is 5.72.